The van der Waals surface area contributed by atoms with Gasteiger partial charge < -0.3 is 0 Å². The molecule has 0 saturated heterocycles. The molecule has 0 amide bonds. The average molecular weight is 187 g/mol. The lowest BCUT2D eigenvalue weighted by molar-refractivity contribution is 0.976. The van der Waals surface area contributed by atoms with Gasteiger partial charge in [-0.2, -0.15) is 0 Å². The van der Waals surface area contributed by atoms with Gasteiger partial charge in [-0.3, -0.25) is 9.36 Å². The molecule has 0 bridgehead atoms. The molecule has 2 aromatic rings. The van der Waals surface area contributed by atoms with Crippen molar-refractivity contribution in [3.05, 3.63) is 64.5 Å². The Morgan fingerprint density at radius 2 is 1.93 bits per heavy atom. The van der Waals surface area contributed by atoms with Crippen molar-refractivity contribution in [2.45, 2.75) is 6.92 Å². The average Bonchev–Trinajstić information content (AvgIpc) is 2.28. The maximum Gasteiger partial charge on any atom is 0.255 e. The molecule has 0 saturated carbocycles. The molecule has 0 aliphatic rings. The first-order valence-corrected chi connectivity index (χ1v) is 4.36. The Morgan fingerprint density at radius 3 is 2.64 bits per heavy atom. The second-order valence-electron chi connectivity index (χ2n) is 3.03. The van der Waals surface area contributed by atoms with Crippen molar-refractivity contribution >= 4 is 0 Å². The second-order valence-corrected chi connectivity index (χ2v) is 3.03. The predicted octanol–water partition coefficient (Wildman–Crippen LogP) is 2.15. The number of hydrogen-bond donors (Lipinski definition) is 0. The van der Waals surface area contributed by atoms with Crippen molar-refractivity contribution in [2.75, 3.05) is 0 Å². The molecule has 0 unspecified atom stereocenters. The first kappa shape index (κ1) is 6.60. The van der Waals surface area contributed by atoms with Crippen LogP contribution < -0.4 is 5.56 Å². The van der Waals surface area contributed by atoms with E-state index in [4.69, 9.17) is 2.74 Å². The molecule has 1 aromatic heterocycles. The summed E-state index contributed by atoms with van der Waals surface area (Å²) in [6.07, 6.45) is 0.0729. The SMILES string of the molecule is [2H]c1cc(=O)n(-c2ccccc2)c([2H])c1C. The molecule has 0 fully saturated rings. The van der Waals surface area contributed by atoms with E-state index in [0.717, 1.165) is 0 Å². The van der Waals surface area contributed by atoms with Gasteiger partial charge in [0.05, 0.1) is 2.74 Å². The van der Waals surface area contributed by atoms with Gasteiger partial charge in [-0.25, -0.2) is 0 Å². The fourth-order valence-electron chi connectivity index (χ4n) is 1.26. The third kappa shape index (κ3) is 1.59. The molecule has 2 nitrogen and oxygen atoms in total. The monoisotopic (exact) mass is 187 g/mol. The number of para-hydroxylation sites is 1. The zero-order chi connectivity index (χ0) is 11.7. The second kappa shape index (κ2) is 3.50. The summed E-state index contributed by atoms with van der Waals surface area (Å²) in [6.45, 7) is 1.67. The van der Waals surface area contributed by atoms with Crippen LogP contribution in [-0.4, -0.2) is 4.57 Å². The van der Waals surface area contributed by atoms with E-state index in [1.54, 1.807) is 19.1 Å². The van der Waals surface area contributed by atoms with Gasteiger partial charge in [0.15, 0.2) is 0 Å². The van der Waals surface area contributed by atoms with Crippen LogP contribution in [0.4, 0.5) is 0 Å². The number of pyridine rings is 1. The molecule has 2 rings (SSSR count). The number of benzene rings is 1. The van der Waals surface area contributed by atoms with Crippen LogP contribution in [0.15, 0.2) is 53.4 Å². The third-order valence-electron chi connectivity index (χ3n) is 1.93. The standard InChI is InChI=1S/C12H11NO/c1-10-7-8-12(14)13(9-10)11-5-3-2-4-6-11/h2-9H,1H3/i7D,9D. The minimum Gasteiger partial charge on any atom is -0.284 e. The van der Waals surface area contributed by atoms with Gasteiger partial charge in [0.25, 0.3) is 5.56 Å². The van der Waals surface area contributed by atoms with E-state index < -0.39 is 0 Å². The van der Waals surface area contributed by atoms with Gasteiger partial charge in [-0.05, 0) is 24.6 Å². The Labute approximate surface area is 85.3 Å². The number of nitrogens with zero attached hydrogens (tertiary/aromatic N) is 1. The van der Waals surface area contributed by atoms with Gasteiger partial charge in [0.1, 0.15) is 0 Å². The van der Waals surface area contributed by atoms with Crippen LogP contribution in [0.5, 0.6) is 0 Å². The van der Waals surface area contributed by atoms with Crippen LogP contribution in [0.2, 0.25) is 0 Å². The third-order valence-corrected chi connectivity index (χ3v) is 1.93. The highest BCUT2D eigenvalue weighted by Gasteiger charge is 1.97. The Kier molecular flexibility index (Phi) is 1.65. The van der Waals surface area contributed by atoms with Gasteiger partial charge in [0, 0.05) is 17.9 Å². The van der Waals surface area contributed by atoms with Crippen LogP contribution in [-0.2, 0) is 0 Å². The minimum absolute atomic E-state index is 0.0729. The van der Waals surface area contributed by atoms with E-state index in [2.05, 4.69) is 0 Å². The van der Waals surface area contributed by atoms with Gasteiger partial charge in [-0.1, -0.05) is 24.2 Å². The smallest absolute Gasteiger partial charge is 0.255 e. The fraction of sp³-hybridized carbons (Fsp3) is 0.0833. The van der Waals surface area contributed by atoms with E-state index in [9.17, 15) is 4.79 Å². The number of rotatable bonds is 1. The molecule has 1 aromatic carbocycles. The molecular weight excluding hydrogens is 174 g/mol. The Morgan fingerprint density at radius 1 is 1.21 bits per heavy atom. The summed E-state index contributed by atoms with van der Waals surface area (Å²) in [4.78, 5) is 11.7. The summed E-state index contributed by atoms with van der Waals surface area (Å²) < 4.78 is 16.7. The molecule has 14 heavy (non-hydrogen) atoms. The lowest BCUT2D eigenvalue weighted by Crippen LogP contribution is -2.16. The van der Waals surface area contributed by atoms with Crippen molar-refractivity contribution < 1.29 is 2.74 Å². The highest BCUT2D eigenvalue weighted by Crippen LogP contribution is 2.04. The fourth-order valence-corrected chi connectivity index (χ4v) is 1.26. The van der Waals surface area contributed by atoms with E-state index in [1.807, 2.05) is 18.2 Å². The zero-order valence-electron chi connectivity index (χ0n) is 9.82. The van der Waals surface area contributed by atoms with E-state index in [0.29, 0.717) is 11.3 Å². The van der Waals surface area contributed by atoms with E-state index in [1.165, 1.54) is 10.6 Å². The molecular formula is C12H11NO. The predicted molar refractivity (Wildman–Crippen MR) is 56.8 cm³/mol. The van der Waals surface area contributed by atoms with Gasteiger partial charge in [-0.15, -0.1) is 0 Å². The highest BCUT2D eigenvalue weighted by atomic mass is 16.1. The summed E-state index contributed by atoms with van der Waals surface area (Å²) in [5.74, 6) is 0. The zero-order valence-corrected chi connectivity index (χ0v) is 7.82. The maximum absolute atomic E-state index is 11.7. The summed E-state index contributed by atoms with van der Waals surface area (Å²) in [5.41, 5.74) is 0.816. The van der Waals surface area contributed by atoms with Crippen LogP contribution in [0.1, 0.15) is 8.30 Å². The van der Waals surface area contributed by atoms with Crippen LogP contribution in [0.25, 0.3) is 5.69 Å². The van der Waals surface area contributed by atoms with Gasteiger partial charge >= 0.3 is 0 Å². The molecule has 2 heteroatoms. The van der Waals surface area contributed by atoms with Crippen molar-refractivity contribution in [1.29, 1.82) is 0 Å². The lowest BCUT2D eigenvalue weighted by Gasteiger charge is -2.05. The molecule has 0 atom stereocenters. The first-order chi connectivity index (χ1) is 7.61. The minimum atomic E-state index is -0.341. The topological polar surface area (TPSA) is 22.0 Å². The molecule has 0 N–H and O–H groups in total. The van der Waals surface area contributed by atoms with Crippen LogP contribution in [0.3, 0.4) is 0 Å². The Hall–Kier alpha value is -1.83. The van der Waals surface area contributed by atoms with Crippen LogP contribution >= 0.6 is 0 Å². The van der Waals surface area contributed by atoms with Gasteiger partial charge in [0.2, 0.25) is 0 Å². The first-order valence-electron chi connectivity index (χ1n) is 5.36. The maximum atomic E-state index is 11.7. The van der Waals surface area contributed by atoms with E-state index >= 15 is 0 Å². The molecule has 0 radical (unpaired) electrons. The van der Waals surface area contributed by atoms with E-state index in [-0.39, 0.29) is 17.8 Å². The summed E-state index contributed by atoms with van der Waals surface area (Å²) in [7, 11) is 0. The number of aromatic nitrogens is 1. The molecule has 70 valence electrons. The quantitative estimate of drug-likeness (QED) is 0.670. The number of hydrogen-bond acceptors (Lipinski definition) is 1. The molecule has 1 heterocycles. The summed E-state index contributed by atoms with van der Waals surface area (Å²) >= 11 is 0. The largest absolute Gasteiger partial charge is 0.284 e. The molecule has 0 spiro atoms. The highest BCUT2D eigenvalue weighted by molar-refractivity contribution is 5.32. The van der Waals surface area contributed by atoms with Crippen molar-refractivity contribution in [3.8, 4) is 5.69 Å². The van der Waals surface area contributed by atoms with Crippen molar-refractivity contribution in [3.63, 3.8) is 0 Å². The Bertz CT molecular complexity index is 576. The van der Waals surface area contributed by atoms with Crippen LogP contribution in [0, 0.1) is 6.92 Å². The summed E-state index contributed by atoms with van der Waals surface area (Å²) in [5, 5.41) is 0. The molecule has 0 aliphatic carbocycles. The molecule has 0 aliphatic heterocycles. The van der Waals surface area contributed by atoms with Crippen molar-refractivity contribution in [2.24, 2.45) is 0 Å². The lowest BCUT2D eigenvalue weighted by atomic mass is 10.3. The summed E-state index contributed by atoms with van der Waals surface area (Å²) in [6, 6.07) is 10.4. The van der Waals surface area contributed by atoms with Crippen molar-refractivity contribution in [1.82, 2.24) is 4.57 Å². The Balaban J connectivity index is 2.76. The normalized spacial score (nSPS) is 12.1.